The van der Waals surface area contributed by atoms with Crippen molar-refractivity contribution in [1.29, 1.82) is 0 Å². The van der Waals surface area contributed by atoms with Gasteiger partial charge in [-0.1, -0.05) is 19.4 Å². The van der Waals surface area contributed by atoms with Gasteiger partial charge < -0.3 is 14.8 Å². The van der Waals surface area contributed by atoms with Crippen LogP contribution in [0.4, 0.5) is 0 Å². The van der Waals surface area contributed by atoms with Gasteiger partial charge in [0, 0.05) is 12.6 Å². The summed E-state index contributed by atoms with van der Waals surface area (Å²) in [6.07, 6.45) is 2.52. The van der Waals surface area contributed by atoms with E-state index in [0.717, 1.165) is 18.0 Å². The summed E-state index contributed by atoms with van der Waals surface area (Å²) in [5, 5.41) is 3.49. The summed E-state index contributed by atoms with van der Waals surface area (Å²) in [6.45, 7) is 9.38. The predicted molar refractivity (Wildman–Crippen MR) is 80.2 cm³/mol. The second-order valence-electron chi connectivity index (χ2n) is 5.18. The molecule has 0 aliphatic rings. The average molecular weight is 265 g/mol. The Hall–Kier alpha value is -1.22. The molecule has 2 atom stereocenters. The molecule has 0 spiro atoms. The average Bonchev–Trinajstić information content (AvgIpc) is 2.39. The van der Waals surface area contributed by atoms with Crippen molar-refractivity contribution in [3.05, 3.63) is 23.8 Å². The SMILES string of the molecule is CCCC(C)NCC(C)Oc1ccc(C)cc1OC. The largest absolute Gasteiger partial charge is 0.493 e. The first-order valence-electron chi connectivity index (χ1n) is 7.11. The van der Waals surface area contributed by atoms with Crippen molar-refractivity contribution < 1.29 is 9.47 Å². The molecule has 1 N–H and O–H groups in total. The van der Waals surface area contributed by atoms with Crippen LogP contribution in [-0.2, 0) is 0 Å². The molecule has 0 saturated heterocycles. The quantitative estimate of drug-likeness (QED) is 0.779. The monoisotopic (exact) mass is 265 g/mol. The van der Waals surface area contributed by atoms with E-state index in [2.05, 4.69) is 26.1 Å². The van der Waals surface area contributed by atoms with Crippen LogP contribution in [0.3, 0.4) is 0 Å². The minimum Gasteiger partial charge on any atom is -0.493 e. The molecule has 0 bridgehead atoms. The molecule has 1 aromatic rings. The fourth-order valence-corrected chi connectivity index (χ4v) is 2.03. The molecule has 108 valence electrons. The van der Waals surface area contributed by atoms with Crippen LogP contribution in [-0.4, -0.2) is 25.8 Å². The molecular weight excluding hydrogens is 238 g/mol. The normalized spacial score (nSPS) is 13.9. The van der Waals surface area contributed by atoms with E-state index in [-0.39, 0.29) is 6.10 Å². The maximum atomic E-state index is 5.93. The van der Waals surface area contributed by atoms with Crippen LogP contribution in [0.15, 0.2) is 18.2 Å². The number of benzene rings is 1. The van der Waals surface area contributed by atoms with Gasteiger partial charge in [0.25, 0.3) is 0 Å². The predicted octanol–water partition coefficient (Wildman–Crippen LogP) is 3.55. The molecular formula is C16H27NO2. The first-order valence-corrected chi connectivity index (χ1v) is 7.11. The van der Waals surface area contributed by atoms with Gasteiger partial charge in [0.05, 0.1) is 7.11 Å². The van der Waals surface area contributed by atoms with Crippen LogP contribution in [0.5, 0.6) is 11.5 Å². The van der Waals surface area contributed by atoms with E-state index >= 15 is 0 Å². The third-order valence-electron chi connectivity index (χ3n) is 3.12. The number of methoxy groups -OCH3 is 1. The number of hydrogen-bond acceptors (Lipinski definition) is 3. The Bertz CT molecular complexity index is 379. The Morgan fingerprint density at radius 1 is 1.21 bits per heavy atom. The zero-order valence-corrected chi connectivity index (χ0v) is 12.8. The molecule has 3 nitrogen and oxygen atoms in total. The number of nitrogens with one attached hydrogen (secondary N) is 1. The lowest BCUT2D eigenvalue weighted by molar-refractivity contribution is 0.202. The van der Waals surface area contributed by atoms with Gasteiger partial charge in [-0.05, 0) is 44.9 Å². The number of hydrogen-bond donors (Lipinski definition) is 1. The molecule has 0 aliphatic heterocycles. The Morgan fingerprint density at radius 3 is 2.58 bits per heavy atom. The number of rotatable bonds is 8. The molecule has 0 fully saturated rings. The minimum absolute atomic E-state index is 0.121. The molecule has 0 radical (unpaired) electrons. The third kappa shape index (κ3) is 5.52. The van der Waals surface area contributed by atoms with E-state index < -0.39 is 0 Å². The highest BCUT2D eigenvalue weighted by molar-refractivity contribution is 5.42. The zero-order valence-electron chi connectivity index (χ0n) is 12.8. The second kappa shape index (κ2) is 8.05. The standard InChI is InChI=1S/C16H27NO2/c1-6-7-13(3)17-11-14(4)19-15-9-8-12(2)10-16(15)18-5/h8-10,13-14,17H,6-7,11H2,1-5H3. The van der Waals surface area contributed by atoms with Gasteiger partial charge in [0.2, 0.25) is 0 Å². The van der Waals surface area contributed by atoms with Gasteiger partial charge in [-0.25, -0.2) is 0 Å². The van der Waals surface area contributed by atoms with E-state index in [9.17, 15) is 0 Å². The van der Waals surface area contributed by atoms with Crippen molar-refractivity contribution in [3.8, 4) is 11.5 Å². The van der Waals surface area contributed by atoms with Crippen LogP contribution < -0.4 is 14.8 Å². The maximum Gasteiger partial charge on any atom is 0.161 e. The molecule has 0 amide bonds. The highest BCUT2D eigenvalue weighted by Crippen LogP contribution is 2.28. The first-order chi connectivity index (χ1) is 9.06. The van der Waals surface area contributed by atoms with E-state index in [1.54, 1.807) is 7.11 Å². The van der Waals surface area contributed by atoms with Gasteiger partial charge in [-0.15, -0.1) is 0 Å². The van der Waals surface area contributed by atoms with Crippen molar-refractivity contribution in [2.75, 3.05) is 13.7 Å². The summed E-state index contributed by atoms with van der Waals surface area (Å²) in [5.74, 6) is 1.61. The summed E-state index contributed by atoms with van der Waals surface area (Å²) in [5.41, 5.74) is 1.17. The lowest BCUT2D eigenvalue weighted by atomic mass is 10.2. The summed E-state index contributed by atoms with van der Waals surface area (Å²) in [4.78, 5) is 0. The molecule has 0 heterocycles. The van der Waals surface area contributed by atoms with Crippen molar-refractivity contribution in [1.82, 2.24) is 5.32 Å². The lowest BCUT2D eigenvalue weighted by Crippen LogP contribution is -2.35. The highest BCUT2D eigenvalue weighted by Gasteiger charge is 2.10. The van der Waals surface area contributed by atoms with Gasteiger partial charge in [0.15, 0.2) is 11.5 Å². The van der Waals surface area contributed by atoms with Crippen LogP contribution in [0, 0.1) is 6.92 Å². The summed E-state index contributed by atoms with van der Waals surface area (Å²) in [7, 11) is 1.67. The summed E-state index contributed by atoms with van der Waals surface area (Å²) in [6, 6.07) is 6.54. The molecule has 0 aromatic heterocycles. The molecule has 0 saturated carbocycles. The molecule has 0 aliphatic carbocycles. The molecule has 1 aromatic carbocycles. The highest BCUT2D eigenvalue weighted by atomic mass is 16.5. The van der Waals surface area contributed by atoms with E-state index in [1.165, 1.54) is 18.4 Å². The van der Waals surface area contributed by atoms with Crippen LogP contribution in [0.1, 0.15) is 39.2 Å². The Labute approximate surface area is 117 Å². The zero-order chi connectivity index (χ0) is 14.3. The Kier molecular flexibility index (Phi) is 6.71. The van der Waals surface area contributed by atoms with Crippen LogP contribution in [0.25, 0.3) is 0 Å². The Morgan fingerprint density at radius 2 is 1.95 bits per heavy atom. The second-order valence-corrected chi connectivity index (χ2v) is 5.18. The van der Waals surface area contributed by atoms with Crippen molar-refractivity contribution in [2.45, 2.75) is 52.7 Å². The van der Waals surface area contributed by atoms with Gasteiger partial charge in [0.1, 0.15) is 6.10 Å². The van der Waals surface area contributed by atoms with E-state index in [1.807, 2.05) is 25.1 Å². The fourth-order valence-electron chi connectivity index (χ4n) is 2.03. The first kappa shape index (κ1) is 15.8. The topological polar surface area (TPSA) is 30.5 Å². The molecule has 19 heavy (non-hydrogen) atoms. The molecule has 1 rings (SSSR count). The smallest absolute Gasteiger partial charge is 0.161 e. The third-order valence-corrected chi connectivity index (χ3v) is 3.12. The molecule has 3 heteroatoms. The van der Waals surface area contributed by atoms with Crippen molar-refractivity contribution in [3.63, 3.8) is 0 Å². The van der Waals surface area contributed by atoms with Crippen LogP contribution in [0.2, 0.25) is 0 Å². The van der Waals surface area contributed by atoms with Gasteiger partial charge in [-0.2, -0.15) is 0 Å². The summed E-state index contributed by atoms with van der Waals surface area (Å²) < 4.78 is 11.3. The van der Waals surface area contributed by atoms with Crippen LogP contribution >= 0.6 is 0 Å². The Balaban J connectivity index is 2.50. The van der Waals surface area contributed by atoms with Crippen molar-refractivity contribution in [2.24, 2.45) is 0 Å². The van der Waals surface area contributed by atoms with Gasteiger partial charge in [-0.3, -0.25) is 0 Å². The number of aryl methyl sites for hydroxylation is 1. The minimum atomic E-state index is 0.121. The molecule has 2 unspecified atom stereocenters. The lowest BCUT2D eigenvalue weighted by Gasteiger charge is -2.20. The summed E-state index contributed by atoms with van der Waals surface area (Å²) >= 11 is 0. The number of ether oxygens (including phenoxy) is 2. The van der Waals surface area contributed by atoms with Gasteiger partial charge >= 0.3 is 0 Å². The van der Waals surface area contributed by atoms with Crippen molar-refractivity contribution >= 4 is 0 Å². The van der Waals surface area contributed by atoms with E-state index in [0.29, 0.717) is 6.04 Å². The maximum absolute atomic E-state index is 5.93. The fraction of sp³-hybridized carbons (Fsp3) is 0.625. The van der Waals surface area contributed by atoms with E-state index in [4.69, 9.17) is 9.47 Å².